The molecule has 1 aromatic heterocycles. The van der Waals surface area contributed by atoms with Crippen LogP contribution in [0.4, 0.5) is 0 Å². The van der Waals surface area contributed by atoms with E-state index < -0.39 is 0 Å². The molecule has 1 unspecified atom stereocenters. The molecule has 2 aromatic rings. The summed E-state index contributed by atoms with van der Waals surface area (Å²) in [5.74, 6) is 0.730. The van der Waals surface area contributed by atoms with Gasteiger partial charge in [-0.25, -0.2) is 4.98 Å². The molecule has 1 heterocycles. The van der Waals surface area contributed by atoms with Crippen LogP contribution in [0.15, 0.2) is 43.2 Å². The lowest BCUT2D eigenvalue weighted by Crippen LogP contribution is -2.19. The van der Waals surface area contributed by atoms with Crippen molar-refractivity contribution in [2.45, 2.75) is 38.1 Å². The molecule has 1 aliphatic rings. The molecule has 18 heavy (non-hydrogen) atoms. The number of benzene rings is 1. The van der Waals surface area contributed by atoms with Crippen LogP contribution < -0.4 is 0 Å². The monoisotopic (exact) mass is 240 g/mol. The van der Waals surface area contributed by atoms with Crippen LogP contribution in [0.5, 0.6) is 0 Å². The first-order chi connectivity index (χ1) is 8.90. The molecule has 1 aliphatic carbocycles. The second-order valence-corrected chi connectivity index (χ2v) is 5.26. The average molecular weight is 240 g/mol. The van der Waals surface area contributed by atoms with Gasteiger partial charge in [0.2, 0.25) is 0 Å². The minimum absolute atomic E-state index is 0.401. The number of rotatable bonds is 3. The Bertz CT molecular complexity index is 535. The summed E-state index contributed by atoms with van der Waals surface area (Å²) in [6, 6.07) is 8.76. The van der Waals surface area contributed by atoms with E-state index in [-0.39, 0.29) is 0 Å². The van der Waals surface area contributed by atoms with Crippen molar-refractivity contribution in [3.63, 3.8) is 0 Å². The van der Waals surface area contributed by atoms with Crippen LogP contribution >= 0.6 is 0 Å². The summed E-state index contributed by atoms with van der Waals surface area (Å²) in [4.78, 5) is 4.50. The topological polar surface area (TPSA) is 17.8 Å². The molecule has 94 valence electrons. The van der Waals surface area contributed by atoms with Crippen LogP contribution in [0.1, 0.15) is 38.1 Å². The number of imidazole rings is 1. The van der Waals surface area contributed by atoms with Crippen LogP contribution in [0.3, 0.4) is 0 Å². The fraction of sp³-hybridized carbons (Fsp3) is 0.438. The second kappa shape index (κ2) is 4.97. The van der Waals surface area contributed by atoms with Crippen molar-refractivity contribution in [3.05, 3.63) is 43.2 Å². The molecular weight excluding hydrogens is 220 g/mol. The lowest BCUT2D eigenvalue weighted by molar-refractivity contribution is 0.289. The summed E-state index contributed by atoms with van der Waals surface area (Å²) in [5.41, 5.74) is 2.31. The Labute approximate surface area is 108 Å². The summed E-state index contributed by atoms with van der Waals surface area (Å²) in [7, 11) is 0. The Hall–Kier alpha value is -1.57. The van der Waals surface area contributed by atoms with Crippen molar-refractivity contribution in [2.24, 2.45) is 5.92 Å². The van der Waals surface area contributed by atoms with Gasteiger partial charge in [0, 0.05) is 0 Å². The van der Waals surface area contributed by atoms with Gasteiger partial charge in [0.05, 0.1) is 23.4 Å². The van der Waals surface area contributed by atoms with Gasteiger partial charge in [-0.3, -0.25) is 0 Å². The van der Waals surface area contributed by atoms with Gasteiger partial charge >= 0.3 is 0 Å². The Morgan fingerprint density at radius 1 is 1.22 bits per heavy atom. The van der Waals surface area contributed by atoms with Gasteiger partial charge < -0.3 is 4.57 Å². The van der Waals surface area contributed by atoms with Gasteiger partial charge in [0.15, 0.2) is 0 Å². The minimum Gasteiger partial charge on any atom is -0.323 e. The van der Waals surface area contributed by atoms with Crippen molar-refractivity contribution in [1.29, 1.82) is 0 Å². The summed E-state index contributed by atoms with van der Waals surface area (Å²) >= 11 is 0. The highest BCUT2D eigenvalue weighted by Gasteiger charge is 2.23. The van der Waals surface area contributed by atoms with Gasteiger partial charge in [0.25, 0.3) is 0 Å². The van der Waals surface area contributed by atoms with E-state index in [1.54, 1.807) is 0 Å². The standard InChI is InChI=1S/C16H20N2/c1-2-15(13-8-4-3-5-9-13)18-12-17-14-10-6-7-11-16(14)18/h2,6-7,10-13,15H,1,3-5,8-9H2. The lowest BCUT2D eigenvalue weighted by Gasteiger charge is -2.29. The maximum Gasteiger partial charge on any atom is 0.0964 e. The maximum atomic E-state index is 4.50. The smallest absolute Gasteiger partial charge is 0.0964 e. The molecule has 0 amide bonds. The maximum absolute atomic E-state index is 4.50. The normalized spacial score (nSPS) is 18.9. The Morgan fingerprint density at radius 2 is 2.00 bits per heavy atom. The molecular formula is C16H20N2. The average Bonchev–Trinajstić information content (AvgIpc) is 2.85. The highest BCUT2D eigenvalue weighted by atomic mass is 15.1. The third-order valence-corrected chi connectivity index (χ3v) is 4.18. The van der Waals surface area contributed by atoms with Crippen LogP contribution in [-0.4, -0.2) is 9.55 Å². The second-order valence-electron chi connectivity index (χ2n) is 5.26. The number of hydrogen-bond acceptors (Lipinski definition) is 1. The Morgan fingerprint density at radius 3 is 2.78 bits per heavy atom. The molecule has 0 radical (unpaired) electrons. The molecule has 0 aliphatic heterocycles. The van der Waals surface area contributed by atoms with Crippen LogP contribution in [0.2, 0.25) is 0 Å². The van der Waals surface area contributed by atoms with Gasteiger partial charge in [-0.2, -0.15) is 0 Å². The molecule has 1 aromatic carbocycles. The summed E-state index contributed by atoms with van der Waals surface area (Å²) in [6.45, 7) is 4.05. The minimum atomic E-state index is 0.401. The predicted molar refractivity (Wildman–Crippen MR) is 75.5 cm³/mol. The van der Waals surface area contributed by atoms with E-state index in [4.69, 9.17) is 0 Å². The Balaban J connectivity index is 1.97. The van der Waals surface area contributed by atoms with Crippen molar-refractivity contribution in [2.75, 3.05) is 0 Å². The van der Waals surface area contributed by atoms with E-state index in [9.17, 15) is 0 Å². The molecule has 2 nitrogen and oxygen atoms in total. The SMILES string of the molecule is C=CC(C1CCCCC1)n1cnc2ccccc21. The van der Waals surface area contributed by atoms with E-state index in [2.05, 4.69) is 40.4 Å². The van der Waals surface area contributed by atoms with Crippen molar-refractivity contribution in [1.82, 2.24) is 9.55 Å². The number of para-hydroxylation sites is 2. The molecule has 0 N–H and O–H groups in total. The molecule has 3 rings (SSSR count). The van der Waals surface area contributed by atoms with E-state index in [0.29, 0.717) is 6.04 Å². The first-order valence-corrected chi connectivity index (χ1v) is 6.94. The van der Waals surface area contributed by atoms with Gasteiger partial charge in [0.1, 0.15) is 0 Å². The summed E-state index contributed by atoms with van der Waals surface area (Å²) in [6.07, 6.45) is 10.8. The molecule has 1 fully saturated rings. The zero-order chi connectivity index (χ0) is 12.4. The number of nitrogens with zero attached hydrogens (tertiary/aromatic N) is 2. The number of allylic oxidation sites excluding steroid dienone is 1. The fourth-order valence-electron chi connectivity index (χ4n) is 3.22. The molecule has 0 bridgehead atoms. The van der Waals surface area contributed by atoms with Crippen LogP contribution in [0.25, 0.3) is 11.0 Å². The first kappa shape index (κ1) is 11.5. The van der Waals surface area contributed by atoms with E-state index in [1.807, 2.05) is 12.4 Å². The molecule has 1 atom stereocenters. The third kappa shape index (κ3) is 1.96. The number of fused-ring (bicyclic) bond motifs is 1. The zero-order valence-electron chi connectivity index (χ0n) is 10.8. The quantitative estimate of drug-likeness (QED) is 0.729. The first-order valence-electron chi connectivity index (χ1n) is 6.94. The van der Waals surface area contributed by atoms with E-state index >= 15 is 0 Å². The van der Waals surface area contributed by atoms with Gasteiger partial charge in [-0.1, -0.05) is 37.5 Å². The number of hydrogen-bond donors (Lipinski definition) is 0. The summed E-state index contributed by atoms with van der Waals surface area (Å²) in [5, 5.41) is 0. The molecule has 0 saturated heterocycles. The Kier molecular flexibility index (Phi) is 3.18. The van der Waals surface area contributed by atoms with Gasteiger partial charge in [-0.15, -0.1) is 6.58 Å². The molecule has 1 saturated carbocycles. The van der Waals surface area contributed by atoms with Crippen LogP contribution in [-0.2, 0) is 0 Å². The molecule has 2 heteroatoms. The lowest BCUT2D eigenvalue weighted by atomic mass is 9.84. The third-order valence-electron chi connectivity index (χ3n) is 4.18. The molecule has 0 spiro atoms. The van der Waals surface area contributed by atoms with E-state index in [0.717, 1.165) is 11.4 Å². The summed E-state index contributed by atoms with van der Waals surface area (Å²) < 4.78 is 2.30. The highest BCUT2D eigenvalue weighted by Crippen LogP contribution is 2.35. The predicted octanol–water partition coefficient (Wildman–Crippen LogP) is 4.34. The van der Waals surface area contributed by atoms with E-state index in [1.165, 1.54) is 37.6 Å². The zero-order valence-corrected chi connectivity index (χ0v) is 10.8. The van der Waals surface area contributed by atoms with Gasteiger partial charge in [-0.05, 0) is 30.9 Å². The van der Waals surface area contributed by atoms with Crippen molar-refractivity contribution < 1.29 is 0 Å². The highest BCUT2D eigenvalue weighted by molar-refractivity contribution is 5.75. The van der Waals surface area contributed by atoms with Crippen LogP contribution in [0, 0.1) is 5.92 Å². The van der Waals surface area contributed by atoms with Crippen molar-refractivity contribution >= 4 is 11.0 Å². The largest absolute Gasteiger partial charge is 0.323 e. The number of aromatic nitrogens is 2. The van der Waals surface area contributed by atoms with Crippen molar-refractivity contribution in [3.8, 4) is 0 Å². The fourth-order valence-corrected chi connectivity index (χ4v) is 3.22.